The summed E-state index contributed by atoms with van der Waals surface area (Å²) in [4.78, 5) is 10.1. The number of ketones is 1. The van der Waals surface area contributed by atoms with Crippen molar-refractivity contribution in [3.63, 3.8) is 0 Å². The SMILES string of the molecule is O=C1CC[N]C1. The molecule has 0 N–H and O–H groups in total. The van der Waals surface area contributed by atoms with Gasteiger partial charge < -0.3 is 0 Å². The summed E-state index contributed by atoms with van der Waals surface area (Å²) < 4.78 is 0. The number of nitrogens with zero attached hydrogens (tertiary/aromatic N) is 1. The normalized spacial score (nSPS) is 22.3. The largest absolute Gasteiger partial charge is 0.298 e. The fraction of sp³-hybridized carbons (Fsp3) is 0.750. The molecule has 0 unspecified atom stereocenters. The molecule has 1 fully saturated rings. The van der Waals surface area contributed by atoms with Crippen LogP contribution in [0, 0.1) is 0 Å². The van der Waals surface area contributed by atoms with E-state index in [1.54, 1.807) is 0 Å². The van der Waals surface area contributed by atoms with Gasteiger partial charge >= 0.3 is 0 Å². The Morgan fingerprint density at radius 2 is 2.50 bits per heavy atom. The Labute approximate surface area is 36.5 Å². The molecule has 0 amide bonds. The molecule has 0 aromatic heterocycles. The van der Waals surface area contributed by atoms with Crippen molar-refractivity contribution in [2.24, 2.45) is 0 Å². The van der Waals surface area contributed by atoms with Crippen molar-refractivity contribution < 1.29 is 4.79 Å². The number of rotatable bonds is 0. The summed E-state index contributed by atoms with van der Waals surface area (Å²) in [6, 6.07) is 0. The smallest absolute Gasteiger partial charge is 0.149 e. The van der Waals surface area contributed by atoms with Gasteiger partial charge in [0.05, 0.1) is 6.54 Å². The molecular formula is C4H6NO. The van der Waals surface area contributed by atoms with Crippen LogP contribution in [-0.2, 0) is 4.79 Å². The molecule has 1 radical (unpaired) electrons. The molecule has 6 heavy (non-hydrogen) atoms. The standard InChI is InChI=1S/C4H6NO/c6-4-1-2-5-3-4/h1-3H2. The van der Waals surface area contributed by atoms with Gasteiger partial charge in [0, 0.05) is 13.0 Å². The number of carbonyl (C=O) groups excluding carboxylic acids is 1. The number of hydrogen-bond donors (Lipinski definition) is 0. The van der Waals surface area contributed by atoms with E-state index in [1.807, 2.05) is 0 Å². The second-order valence-corrected chi connectivity index (χ2v) is 1.39. The number of hydrogen-bond acceptors (Lipinski definition) is 1. The quantitative estimate of drug-likeness (QED) is 0.391. The van der Waals surface area contributed by atoms with Gasteiger partial charge in [0.1, 0.15) is 5.78 Å². The molecule has 0 spiro atoms. The van der Waals surface area contributed by atoms with E-state index >= 15 is 0 Å². The second-order valence-electron chi connectivity index (χ2n) is 1.39. The first-order valence-electron chi connectivity index (χ1n) is 2.04. The van der Waals surface area contributed by atoms with E-state index in [9.17, 15) is 4.79 Å². The van der Waals surface area contributed by atoms with Crippen LogP contribution in [0.4, 0.5) is 0 Å². The van der Waals surface area contributed by atoms with E-state index in [-0.39, 0.29) is 5.78 Å². The Hall–Kier alpha value is -0.370. The molecule has 2 heteroatoms. The molecular weight excluding hydrogens is 78.0 g/mol. The summed E-state index contributed by atoms with van der Waals surface area (Å²) in [6.07, 6.45) is 0.681. The molecule has 1 aliphatic heterocycles. The predicted molar refractivity (Wildman–Crippen MR) is 21.5 cm³/mol. The Bertz CT molecular complexity index is 61.9. The molecule has 1 rings (SSSR count). The van der Waals surface area contributed by atoms with Crippen LogP contribution < -0.4 is 5.32 Å². The Balaban J connectivity index is 2.37. The maximum Gasteiger partial charge on any atom is 0.149 e. The lowest BCUT2D eigenvalue weighted by atomic mass is 10.4. The van der Waals surface area contributed by atoms with Gasteiger partial charge in [-0.15, -0.1) is 0 Å². The molecule has 0 saturated carbocycles. The summed E-state index contributed by atoms with van der Waals surface area (Å²) in [5.74, 6) is 0.287. The monoisotopic (exact) mass is 84.0 g/mol. The minimum absolute atomic E-state index is 0.287. The maximum absolute atomic E-state index is 10.1. The average molecular weight is 84.1 g/mol. The fourth-order valence-electron chi connectivity index (χ4n) is 0.487. The van der Waals surface area contributed by atoms with Crippen LogP contribution in [0.1, 0.15) is 6.42 Å². The first-order valence-corrected chi connectivity index (χ1v) is 2.04. The molecule has 0 atom stereocenters. The predicted octanol–water partition coefficient (Wildman–Crippen LogP) is -0.436. The molecule has 0 aromatic carbocycles. The Morgan fingerprint density at radius 1 is 1.67 bits per heavy atom. The highest BCUT2D eigenvalue weighted by Gasteiger charge is 2.07. The van der Waals surface area contributed by atoms with Crippen molar-refractivity contribution in [1.29, 1.82) is 0 Å². The molecule has 2 nitrogen and oxygen atoms in total. The third-order valence-electron chi connectivity index (χ3n) is 0.837. The van der Waals surface area contributed by atoms with Crippen LogP contribution in [-0.4, -0.2) is 18.9 Å². The highest BCUT2D eigenvalue weighted by atomic mass is 16.1. The minimum atomic E-state index is 0.287. The lowest BCUT2D eigenvalue weighted by Gasteiger charge is -1.71. The first kappa shape index (κ1) is 3.81. The summed E-state index contributed by atoms with van der Waals surface area (Å²) in [6.45, 7) is 1.23. The summed E-state index contributed by atoms with van der Waals surface area (Å²) in [7, 11) is 0. The maximum atomic E-state index is 10.1. The minimum Gasteiger partial charge on any atom is -0.298 e. The molecule has 1 aliphatic rings. The van der Waals surface area contributed by atoms with E-state index in [1.165, 1.54) is 0 Å². The van der Waals surface area contributed by atoms with Crippen molar-refractivity contribution in [2.75, 3.05) is 13.1 Å². The van der Waals surface area contributed by atoms with E-state index in [0.29, 0.717) is 13.0 Å². The van der Waals surface area contributed by atoms with Crippen molar-refractivity contribution >= 4 is 5.78 Å². The van der Waals surface area contributed by atoms with E-state index in [2.05, 4.69) is 5.32 Å². The van der Waals surface area contributed by atoms with Gasteiger partial charge in [-0.3, -0.25) is 4.79 Å². The topological polar surface area (TPSA) is 31.2 Å². The second kappa shape index (κ2) is 1.39. The lowest BCUT2D eigenvalue weighted by Crippen LogP contribution is -1.98. The molecule has 1 heterocycles. The Kier molecular flexibility index (Phi) is 0.881. The van der Waals surface area contributed by atoms with Crippen LogP contribution >= 0.6 is 0 Å². The van der Waals surface area contributed by atoms with Crippen LogP contribution in [0.3, 0.4) is 0 Å². The van der Waals surface area contributed by atoms with Crippen molar-refractivity contribution in [3.05, 3.63) is 0 Å². The summed E-state index contributed by atoms with van der Waals surface area (Å²) in [5, 5.41) is 3.81. The number of Topliss-reactive ketones (excluding diaryl/α,β-unsaturated/α-hetero) is 1. The van der Waals surface area contributed by atoms with E-state index in [0.717, 1.165) is 6.54 Å². The van der Waals surface area contributed by atoms with E-state index in [4.69, 9.17) is 0 Å². The average Bonchev–Trinajstić information content (AvgIpc) is 1.86. The fourth-order valence-corrected chi connectivity index (χ4v) is 0.487. The van der Waals surface area contributed by atoms with Crippen molar-refractivity contribution in [3.8, 4) is 0 Å². The van der Waals surface area contributed by atoms with Crippen LogP contribution in [0.2, 0.25) is 0 Å². The van der Waals surface area contributed by atoms with Gasteiger partial charge in [-0.25, -0.2) is 5.32 Å². The van der Waals surface area contributed by atoms with Gasteiger partial charge in [0.15, 0.2) is 0 Å². The highest BCUT2D eigenvalue weighted by molar-refractivity contribution is 5.82. The van der Waals surface area contributed by atoms with Gasteiger partial charge in [0.2, 0.25) is 0 Å². The Morgan fingerprint density at radius 3 is 2.67 bits per heavy atom. The zero-order valence-electron chi connectivity index (χ0n) is 3.48. The van der Waals surface area contributed by atoms with Gasteiger partial charge in [-0.2, -0.15) is 0 Å². The zero-order chi connectivity index (χ0) is 4.41. The van der Waals surface area contributed by atoms with Crippen LogP contribution in [0.25, 0.3) is 0 Å². The van der Waals surface area contributed by atoms with E-state index < -0.39 is 0 Å². The van der Waals surface area contributed by atoms with Crippen LogP contribution in [0.15, 0.2) is 0 Å². The third-order valence-corrected chi connectivity index (χ3v) is 0.837. The van der Waals surface area contributed by atoms with Gasteiger partial charge in [-0.05, 0) is 0 Å². The number of carbonyl (C=O) groups is 1. The van der Waals surface area contributed by atoms with Crippen molar-refractivity contribution in [2.45, 2.75) is 6.42 Å². The summed E-state index contributed by atoms with van der Waals surface area (Å²) >= 11 is 0. The molecule has 0 bridgehead atoms. The van der Waals surface area contributed by atoms with Gasteiger partial charge in [0.25, 0.3) is 0 Å². The van der Waals surface area contributed by atoms with Crippen molar-refractivity contribution in [1.82, 2.24) is 5.32 Å². The zero-order valence-corrected chi connectivity index (χ0v) is 3.48. The third kappa shape index (κ3) is 0.571. The molecule has 0 aromatic rings. The molecule has 1 saturated heterocycles. The lowest BCUT2D eigenvalue weighted by molar-refractivity contribution is -0.116. The first-order chi connectivity index (χ1) is 2.89. The molecule has 33 valence electrons. The molecule has 0 aliphatic carbocycles. The summed E-state index contributed by atoms with van der Waals surface area (Å²) in [5.41, 5.74) is 0. The van der Waals surface area contributed by atoms with Gasteiger partial charge in [-0.1, -0.05) is 0 Å². The van der Waals surface area contributed by atoms with Crippen LogP contribution in [0.5, 0.6) is 0 Å². The highest BCUT2D eigenvalue weighted by Crippen LogP contribution is 1.88.